The van der Waals surface area contributed by atoms with Gasteiger partial charge in [0.05, 0.1) is 11.0 Å². The molecule has 0 spiro atoms. The molecule has 0 amide bonds. The first-order chi connectivity index (χ1) is 19.5. The summed E-state index contributed by atoms with van der Waals surface area (Å²) in [5, 5.41) is 5.34. The fourth-order valence-electron chi connectivity index (χ4n) is 6.38. The van der Waals surface area contributed by atoms with Gasteiger partial charge in [0, 0.05) is 36.6 Å². The summed E-state index contributed by atoms with van der Waals surface area (Å²) in [4.78, 5) is 0. The Morgan fingerprint density at radius 2 is 1.12 bits per heavy atom. The van der Waals surface area contributed by atoms with E-state index in [9.17, 15) is 0 Å². The number of hydrogen-bond donors (Lipinski definition) is 0. The molecule has 7 rings (SSSR count). The smallest absolute Gasteiger partial charge is 0.0541 e. The molecular weight excluding hydrogens is 515 g/mol. The number of nitrogens with zero attached hydrogens (tertiary/aromatic N) is 1. The van der Waals surface area contributed by atoms with Gasteiger partial charge in [0.25, 0.3) is 0 Å². The Labute approximate surface area is 247 Å². The minimum absolute atomic E-state index is 0.0697. The molecule has 204 valence electrons. The maximum absolute atomic E-state index is 2.46. The van der Waals surface area contributed by atoms with Gasteiger partial charge in [-0.2, -0.15) is 0 Å². The van der Waals surface area contributed by atoms with Crippen molar-refractivity contribution < 1.29 is 0 Å². The van der Waals surface area contributed by atoms with Crippen LogP contribution in [0.25, 0.3) is 58.8 Å². The molecule has 0 N–H and O–H groups in total. The molecule has 0 fully saturated rings. The molecule has 0 unspecified atom stereocenters. The number of benzene rings is 5. The van der Waals surface area contributed by atoms with Crippen molar-refractivity contribution in [2.45, 2.75) is 59.3 Å². The number of para-hydroxylation sites is 2. The zero-order chi connectivity index (χ0) is 28.7. The second-order valence-electron chi connectivity index (χ2n) is 13.5. The fourth-order valence-corrected chi connectivity index (χ4v) is 7.57. The van der Waals surface area contributed by atoms with Gasteiger partial charge < -0.3 is 4.57 Å². The second-order valence-corrected chi connectivity index (χ2v) is 14.6. The normalized spacial score (nSPS) is 12.8. The molecule has 0 saturated carbocycles. The number of aryl methyl sites for hydroxylation is 1. The molecule has 2 heterocycles. The van der Waals surface area contributed by atoms with Gasteiger partial charge in [-0.05, 0) is 75.9 Å². The van der Waals surface area contributed by atoms with Crippen LogP contribution in [0.1, 0.15) is 58.2 Å². The fraction of sp³-hybridized carbons (Fsp3) is 0.231. The first-order valence-corrected chi connectivity index (χ1v) is 15.4. The first kappa shape index (κ1) is 26.0. The van der Waals surface area contributed by atoms with Gasteiger partial charge in [0.2, 0.25) is 0 Å². The molecular formula is C39H37NS. The molecule has 0 aliphatic heterocycles. The maximum atomic E-state index is 2.46. The summed E-state index contributed by atoms with van der Waals surface area (Å²) in [5.41, 5.74) is 10.6. The zero-order valence-corrected chi connectivity index (χ0v) is 25.9. The summed E-state index contributed by atoms with van der Waals surface area (Å²) in [6.07, 6.45) is 0. The summed E-state index contributed by atoms with van der Waals surface area (Å²) in [6, 6.07) is 36.4. The van der Waals surface area contributed by atoms with Crippen LogP contribution in [-0.4, -0.2) is 4.57 Å². The number of fused-ring (bicyclic) bond motifs is 6. The molecule has 0 saturated heterocycles. The van der Waals surface area contributed by atoms with Crippen molar-refractivity contribution in [1.82, 2.24) is 4.57 Å². The van der Waals surface area contributed by atoms with Crippen LogP contribution in [0.4, 0.5) is 0 Å². The van der Waals surface area contributed by atoms with Crippen molar-refractivity contribution in [3.05, 3.63) is 114 Å². The zero-order valence-electron chi connectivity index (χ0n) is 25.1. The molecule has 0 bridgehead atoms. The van der Waals surface area contributed by atoms with Gasteiger partial charge in [-0.1, -0.05) is 108 Å². The van der Waals surface area contributed by atoms with Crippen molar-refractivity contribution >= 4 is 53.3 Å². The molecule has 0 radical (unpaired) electrons. The molecule has 0 aliphatic carbocycles. The van der Waals surface area contributed by atoms with Crippen molar-refractivity contribution in [2.24, 2.45) is 0 Å². The average Bonchev–Trinajstić information content (AvgIpc) is 3.49. The predicted molar refractivity (Wildman–Crippen MR) is 181 cm³/mol. The number of rotatable bonds is 2. The molecule has 0 aliphatic rings. The molecule has 0 atom stereocenters. The molecule has 2 heteroatoms. The highest BCUT2D eigenvalue weighted by atomic mass is 32.1. The summed E-state index contributed by atoms with van der Waals surface area (Å²) >= 11 is 1.91. The Morgan fingerprint density at radius 3 is 1.71 bits per heavy atom. The van der Waals surface area contributed by atoms with Crippen LogP contribution in [0.2, 0.25) is 0 Å². The van der Waals surface area contributed by atoms with E-state index in [0.29, 0.717) is 0 Å². The van der Waals surface area contributed by atoms with E-state index < -0.39 is 0 Å². The quantitative estimate of drug-likeness (QED) is 0.201. The standard InChI is InChI=1S/C39H37NS/c1-24-31(40-32-16-10-8-13-29(32)30-14-9-11-17-33(30)40)19-20-35-36(24)37-28(15-12-18-34(37)41-35)25-21-26(38(2,3)4)23-27(22-25)39(5,6)7/h8-23H,1-7H3. The highest BCUT2D eigenvalue weighted by molar-refractivity contribution is 7.26. The Hall–Kier alpha value is -3.88. The highest BCUT2D eigenvalue weighted by Gasteiger charge is 2.23. The number of hydrogen-bond acceptors (Lipinski definition) is 1. The third-order valence-electron chi connectivity index (χ3n) is 8.69. The van der Waals surface area contributed by atoms with Gasteiger partial charge in [-0.15, -0.1) is 11.3 Å². The summed E-state index contributed by atoms with van der Waals surface area (Å²) in [7, 11) is 0. The van der Waals surface area contributed by atoms with Crippen LogP contribution in [0.15, 0.2) is 97.1 Å². The van der Waals surface area contributed by atoms with Crippen LogP contribution in [0.3, 0.4) is 0 Å². The van der Waals surface area contributed by atoms with Crippen LogP contribution >= 0.6 is 11.3 Å². The molecule has 7 aromatic rings. The van der Waals surface area contributed by atoms with Gasteiger partial charge in [-0.25, -0.2) is 0 Å². The van der Waals surface area contributed by atoms with Crippen LogP contribution in [0, 0.1) is 6.92 Å². The third-order valence-corrected chi connectivity index (χ3v) is 9.81. The lowest BCUT2D eigenvalue weighted by Crippen LogP contribution is -2.16. The Bertz CT molecular complexity index is 2040. The predicted octanol–water partition coefficient (Wildman–Crippen LogP) is 11.7. The number of aromatic nitrogens is 1. The van der Waals surface area contributed by atoms with E-state index in [1.807, 2.05) is 11.3 Å². The topological polar surface area (TPSA) is 4.93 Å². The molecule has 5 aromatic carbocycles. The van der Waals surface area contributed by atoms with E-state index in [1.165, 1.54) is 75.5 Å². The minimum Gasteiger partial charge on any atom is -0.309 e. The molecule has 2 aromatic heterocycles. The van der Waals surface area contributed by atoms with Gasteiger partial charge in [-0.3, -0.25) is 0 Å². The van der Waals surface area contributed by atoms with E-state index >= 15 is 0 Å². The summed E-state index contributed by atoms with van der Waals surface area (Å²) in [6.45, 7) is 16.2. The SMILES string of the molecule is Cc1c(-n2c3ccccc3c3ccccc32)ccc2sc3cccc(-c4cc(C(C)(C)C)cc(C(C)(C)C)c4)c3c12. The number of thiophene rings is 1. The average molecular weight is 552 g/mol. The van der Waals surface area contributed by atoms with Gasteiger partial charge >= 0.3 is 0 Å². The largest absolute Gasteiger partial charge is 0.309 e. The second kappa shape index (κ2) is 9.06. The molecule has 41 heavy (non-hydrogen) atoms. The van der Waals surface area contributed by atoms with Gasteiger partial charge in [0.1, 0.15) is 0 Å². The summed E-state index contributed by atoms with van der Waals surface area (Å²) < 4.78 is 5.15. The Morgan fingerprint density at radius 1 is 0.561 bits per heavy atom. The van der Waals surface area contributed by atoms with Crippen molar-refractivity contribution in [3.8, 4) is 16.8 Å². The lowest BCUT2D eigenvalue weighted by Gasteiger charge is -2.26. The highest BCUT2D eigenvalue weighted by Crippen LogP contribution is 2.45. The van der Waals surface area contributed by atoms with Gasteiger partial charge in [0.15, 0.2) is 0 Å². The van der Waals surface area contributed by atoms with E-state index in [-0.39, 0.29) is 10.8 Å². The van der Waals surface area contributed by atoms with Crippen LogP contribution in [-0.2, 0) is 10.8 Å². The summed E-state index contributed by atoms with van der Waals surface area (Å²) in [5.74, 6) is 0. The lowest BCUT2D eigenvalue weighted by atomic mass is 9.78. The lowest BCUT2D eigenvalue weighted by molar-refractivity contribution is 0.569. The van der Waals surface area contributed by atoms with Crippen molar-refractivity contribution in [2.75, 3.05) is 0 Å². The van der Waals surface area contributed by atoms with Crippen molar-refractivity contribution in [3.63, 3.8) is 0 Å². The van der Waals surface area contributed by atoms with E-state index in [2.05, 4.69) is 150 Å². The Balaban J connectivity index is 1.56. The van der Waals surface area contributed by atoms with Crippen molar-refractivity contribution in [1.29, 1.82) is 0 Å². The monoisotopic (exact) mass is 551 g/mol. The maximum Gasteiger partial charge on any atom is 0.0541 e. The van der Waals surface area contributed by atoms with E-state index in [1.54, 1.807) is 0 Å². The van der Waals surface area contributed by atoms with Crippen LogP contribution < -0.4 is 0 Å². The minimum atomic E-state index is 0.0697. The molecule has 1 nitrogen and oxygen atoms in total. The van der Waals surface area contributed by atoms with E-state index in [0.717, 1.165) is 0 Å². The van der Waals surface area contributed by atoms with Crippen LogP contribution in [0.5, 0.6) is 0 Å². The van der Waals surface area contributed by atoms with E-state index in [4.69, 9.17) is 0 Å². The Kier molecular flexibility index (Phi) is 5.76. The first-order valence-electron chi connectivity index (χ1n) is 14.6. The third kappa shape index (κ3) is 4.11.